The van der Waals surface area contributed by atoms with Gasteiger partial charge in [-0.15, -0.1) is 11.6 Å². The Morgan fingerprint density at radius 2 is 1.58 bits per heavy atom. The van der Waals surface area contributed by atoms with Gasteiger partial charge in [0.05, 0.1) is 5.88 Å². The molecule has 1 rings (SSSR count). The molecule has 72 valence electrons. The van der Waals surface area contributed by atoms with Crippen molar-refractivity contribution in [3.63, 3.8) is 0 Å². The number of halogens is 1. The van der Waals surface area contributed by atoms with E-state index in [0.717, 1.165) is 0 Å². The van der Waals surface area contributed by atoms with E-state index in [1.165, 1.54) is 0 Å². The summed E-state index contributed by atoms with van der Waals surface area (Å²) in [7, 11) is 0. The van der Waals surface area contributed by atoms with E-state index in [1.807, 2.05) is 0 Å². The molecule has 5 nitrogen and oxygen atoms in total. The highest BCUT2D eigenvalue weighted by atomic mass is 35.5. The Balaban J connectivity index is 2.63. The van der Waals surface area contributed by atoms with E-state index in [-0.39, 0.29) is 5.88 Å². The van der Waals surface area contributed by atoms with Crippen LogP contribution in [-0.4, -0.2) is 57.0 Å². The molecule has 12 heavy (non-hydrogen) atoms. The minimum atomic E-state index is -1.49. The van der Waals surface area contributed by atoms with Crippen molar-refractivity contribution < 1.29 is 25.2 Å². The van der Waals surface area contributed by atoms with Crippen molar-refractivity contribution in [2.45, 2.75) is 30.7 Å². The van der Waals surface area contributed by atoms with Crippen molar-refractivity contribution in [1.29, 1.82) is 0 Å². The summed E-state index contributed by atoms with van der Waals surface area (Å²) in [6.07, 6.45) is -6.51. The molecule has 0 saturated carbocycles. The molecule has 0 aliphatic carbocycles. The van der Waals surface area contributed by atoms with E-state index in [1.54, 1.807) is 0 Å². The van der Waals surface area contributed by atoms with Crippen LogP contribution in [0.4, 0.5) is 0 Å². The number of alkyl halides is 1. The molecule has 0 aromatic heterocycles. The molecule has 1 heterocycles. The summed E-state index contributed by atoms with van der Waals surface area (Å²) in [5.41, 5.74) is 0. The summed E-state index contributed by atoms with van der Waals surface area (Å²) in [6.45, 7) is 0. The van der Waals surface area contributed by atoms with Crippen molar-refractivity contribution in [1.82, 2.24) is 0 Å². The summed E-state index contributed by atoms with van der Waals surface area (Å²) in [4.78, 5) is 0. The third kappa shape index (κ3) is 1.71. The summed E-state index contributed by atoms with van der Waals surface area (Å²) in [5, 5.41) is 36.3. The van der Waals surface area contributed by atoms with Crippen LogP contribution in [-0.2, 0) is 4.74 Å². The van der Waals surface area contributed by atoms with Crippen LogP contribution in [0, 0.1) is 0 Å². The summed E-state index contributed by atoms with van der Waals surface area (Å²) >= 11 is 5.36. The van der Waals surface area contributed by atoms with Crippen LogP contribution in [0.25, 0.3) is 0 Å². The molecule has 6 heteroatoms. The zero-order valence-electron chi connectivity index (χ0n) is 6.17. The van der Waals surface area contributed by atoms with Crippen LogP contribution in [0.3, 0.4) is 0 Å². The topological polar surface area (TPSA) is 90.2 Å². The second-order valence-electron chi connectivity index (χ2n) is 2.69. The zero-order valence-corrected chi connectivity index (χ0v) is 6.92. The molecule has 0 spiro atoms. The number of hydrogen-bond donors (Lipinski definition) is 4. The molecule has 0 aromatic carbocycles. The first-order chi connectivity index (χ1) is 5.57. The van der Waals surface area contributed by atoms with Crippen molar-refractivity contribution in [3.8, 4) is 0 Å². The fourth-order valence-electron chi connectivity index (χ4n) is 1.06. The second-order valence-corrected chi connectivity index (χ2v) is 3.00. The standard InChI is InChI=1S/C6H11ClO5/c7-1-2-3(8)4(9)5(10)6(11)12-2/h2-6,8-11H,1H2/t2-,3-,4+,5-,6?/m0/s1. The molecule has 1 aliphatic heterocycles. The monoisotopic (exact) mass is 198 g/mol. The van der Waals surface area contributed by atoms with Crippen LogP contribution in [0.15, 0.2) is 0 Å². The normalized spacial score (nSPS) is 49.2. The van der Waals surface area contributed by atoms with Crippen LogP contribution >= 0.6 is 11.6 Å². The Morgan fingerprint density at radius 3 is 2.08 bits per heavy atom. The van der Waals surface area contributed by atoms with E-state index in [4.69, 9.17) is 31.7 Å². The highest BCUT2D eigenvalue weighted by molar-refractivity contribution is 6.18. The zero-order chi connectivity index (χ0) is 9.30. The lowest BCUT2D eigenvalue weighted by molar-refractivity contribution is -0.276. The summed E-state index contributed by atoms with van der Waals surface area (Å²) in [6, 6.07) is 0. The lowest BCUT2D eigenvalue weighted by atomic mass is 10.0. The van der Waals surface area contributed by atoms with Crippen molar-refractivity contribution >= 4 is 11.6 Å². The molecule has 1 saturated heterocycles. The van der Waals surface area contributed by atoms with Gasteiger partial charge in [-0.25, -0.2) is 0 Å². The van der Waals surface area contributed by atoms with Gasteiger partial charge in [-0.2, -0.15) is 0 Å². The Morgan fingerprint density at radius 1 is 1.00 bits per heavy atom. The molecule has 0 aromatic rings. The van der Waals surface area contributed by atoms with Crippen molar-refractivity contribution in [2.24, 2.45) is 0 Å². The van der Waals surface area contributed by atoms with Crippen LogP contribution in [0.2, 0.25) is 0 Å². The highest BCUT2D eigenvalue weighted by Gasteiger charge is 2.42. The van der Waals surface area contributed by atoms with Gasteiger partial charge in [0.1, 0.15) is 24.4 Å². The highest BCUT2D eigenvalue weighted by Crippen LogP contribution is 2.20. The third-order valence-corrected chi connectivity index (χ3v) is 2.14. The lowest BCUT2D eigenvalue weighted by Crippen LogP contribution is -2.57. The number of aliphatic hydroxyl groups is 4. The molecular formula is C6H11ClO5. The predicted molar refractivity (Wildman–Crippen MR) is 39.6 cm³/mol. The first-order valence-corrected chi connectivity index (χ1v) is 4.05. The molecule has 1 aliphatic rings. The Bertz CT molecular complexity index is 150. The Kier molecular flexibility index (Phi) is 3.28. The maximum Gasteiger partial charge on any atom is 0.184 e. The smallest absolute Gasteiger partial charge is 0.184 e. The van der Waals surface area contributed by atoms with Gasteiger partial charge >= 0.3 is 0 Å². The number of ether oxygens (including phenoxy) is 1. The molecule has 5 atom stereocenters. The first kappa shape index (κ1) is 10.2. The minimum Gasteiger partial charge on any atom is -0.388 e. The van der Waals surface area contributed by atoms with Gasteiger partial charge in [0.15, 0.2) is 6.29 Å². The largest absolute Gasteiger partial charge is 0.388 e. The van der Waals surface area contributed by atoms with E-state index < -0.39 is 30.7 Å². The van der Waals surface area contributed by atoms with Gasteiger partial charge in [0, 0.05) is 0 Å². The van der Waals surface area contributed by atoms with Crippen LogP contribution in [0.1, 0.15) is 0 Å². The lowest BCUT2D eigenvalue weighted by Gasteiger charge is -2.37. The van der Waals surface area contributed by atoms with E-state index in [2.05, 4.69) is 0 Å². The van der Waals surface area contributed by atoms with Crippen LogP contribution < -0.4 is 0 Å². The maximum atomic E-state index is 9.20. The molecule has 0 radical (unpaired) electrons. The quantitative estimate of drug-likeness (QED) is 0.367. The van der Waals surface area contributed by atoms with E-state index in [9.17, 15) is 5.11 Å². The summed E-state index contributed by atoms with van der Waals surface area (Å²) < 4.78 is 4.69. The molecule has 1 unspecified atom stereocenters. The van der Waals surface area contributed by atoms with E-state index >= 15 is 0 Å². The fraction of sp³-hybridized carbons (Fsp3) is 1.00. The van der Waals surface area contributed by atoms with Gasteiger partial charge in [-0.05, 0) is 0 Å². The Hall–Kier alpha value is 0.0900. The first-order valence-electron chi connectivity index (χ1n) is 3.51. The number of rotatable bonds is 1. The average Bonchev–Trinajstić information content (AvgIpc) is 2.08. The molecule has 1 fully saturated rings. The second kappa shape index (κ2) is 3.87. The summed E-state index contributed by atoms with van der Waals surface area (Å²) in [5.74, 6) is -0.0536. The van der Waals surface area contributed by atoms with Gasteiger partial charge < -0.3 is 25.2 Å². The minimum absolute atomic E-state index is 0.0536. The number of hydrogen-bond acceptors (Lipinski definition) is 5. The third-order valence-electron chi connectivity index (χ3n) is 1.84. The van der Waals surface area contributed by atoms with Gasteiger partial charge in [-0.1, -0.05) is 0 Å². The average molecular weight is 199 g/mol. The van der Waals surface area contributed by atoms with Crippen molar-refractivity contribution in [3.05, 3.63) is 0 Å². The predicted octanol–water partition coefficient (Wildman–Crippen LogP) is -1.97. The fourth-order valence-corrected chi connectivity index (χ4v) is 1.31. The van der Waals surface area contributed by atoms with Crippen molar-refractivity contribution in [2.75, 3.05) is 5.88 Å². The Labute approximate surface area is 74.2 Å². The molecular weight excluding hydrogens is 188 g/mol. The van der Waals surface area contributed by atoms with Crippen LogP contribution in [0.5, 0.6) is 0 Å². The molecule has 0 bridgehead atoms. The SMILES string of the molecule is OC1O[C@@H](CCl)[C@H](O)[C@@H](O)[C@@H]1O. The molecule has 0 amide bonds. The molecule has 4 N–H and O–H groups in total. The van der Waals surface area contributed by atoms with Gasteiger partial charge in [0.25, 0.3) is 0 Å². The van der Waals surface area contributed by atoms with E-state index in [0.29, 0.717) is 0 Å². The van der Waals surface area contributed by atoms with Gasteiger partial charge in [-0.3, -0.25) is 0 Å². The van der Waals surface area contributed by atoms with Gasteiger partial charge in [0.2, 0.25) is 0 Å². The maximum absolute atomic E-state index is 9.20. The number of aliphatic hydroxyl groups excluding tert-OH is 4.